The fourth-order valence-corrected chi connectivity index (χ4v) is 1.88. The van der Waals surface area contributed by atoms with Crippen molar-refractivity contribution in [1.29, 1.82) is 0 Å². The summed E-state index contributed by atoms with van der Waals surface area (Å²) in [4.78, 5) is 25.1. The SMILES string of the molecule is O=c1[nH]c(Cl)c(F)c(=O)n1-c1ccc(F)c(Br)c1. The molecule has 8 heteroatoms. The molecule has 0 unspecified atom stereocenters. The van der Waals surface area contributed by atoms with Crippen LogP contribution >= 0.6 is 27.5 Å². The maximum Gasteiger partial charge on any atom is 0.334 e. The zero-order valence-electron chi connectivity index (χ0n) is 8.51. The molecule has 1 N–H and O–H groups in total. The van der Waals surface area contributed by atoms with Gasteiger partial charge in [-0.3, -0.25) is 9.78 Å². The van der Waals surface area contributed by atoms with E-state index in [-0.39, 0.29) is 10.2 Å². The van der Waals surface area contributed by atoms with E-state index in [0.717, 1.165) is 6.07 Å². The number of halogens is 4. The molecule has 0 bridgehead atoms. The molecule has 0 spiro atoms. The van der Waals surface area contributed by atoms with Crippen LogP contribution in [0.4, 0.5) is 8.78 Å². The first kappa shape index (κ1) is 13.0. The zero-order valence-corrected chi connectivity index (χ0v) is 10.8. The van der Waals surface area contributed by atoms with Crippen LogP contribution < -0.4 is 11.2 Å². The first-order valence-corrected chi connectivity index (χ1v) is 5.74. The monoisotopic (exact) mass is 336 g/mol. The average molecular weight is 338 g/mol. The molecule has 2 rings (SSSR count). The molecular formula is C10H4BrClF2N2O2. The summed E-state index contributed by atoms with van der Waals surface area (Å²) in [5, 5.41) is -0.664. The second kappa shape index (κ2) is 4.66. The van der Waals surface area contributed by atoms with Crippen LogP contribution in [-0.4, -0.2) is 9.55 Å². The smallest absolute Gasteiger partial charge is 0.295 e. The number of aromatic nitrogens is 2. The van der Waals surface area contributed by atoms with Gasteiger partial charge in [0.2, 0.25) is 5.82 Å². The summed E-state index contributed by atoms with van der Waals surface area (Å²) < 4.78 is 26.9. The van der Waals surface area contributed by atoms with Crippen LogP contribution in [0.25, 0.3) is 5.69 Å². The summed E-state index contributed by atoms with van der Waals surface area (Å²) in [6.07, 6.45) is 0. The molecular weight excluding hydrogens is 333 g/mol. The van der Waals surface area contributed by atoms with Gasteiger partial charge in [0.25, 0.3) is 5.56 Å². The molecule has 2 aromatic rings. The zero-order chi connectivity index (χ0) is 13.4. The van der Waals surface area contributed by atoms with Crippen LogP contribution in [0.5, 0.6) is 0 Å². The summed E-state index contributed by atoms with van der Waals surface area (Å²) in [6.45, 7) is 0. The Morgan fingerprint density at radius 3 is 2.56 bits per heavy atom. The molecule has 18 heavy (non-hydrogen) atoms. The maximum atomic E-state index is 13.3. The fourth-order valence-electron chi connectivity index (χ4n) is 1.35. The van der Waals surface area contributed by atoms with Crippen LogP contribution in [0.2, 0.25) is 5.15 Å². The summed E-state index contributed by atoms with van der Waals surface area (Å²) in [5.41, 5.74) is -2.10. The number of benzene rings is 1. The van der Waals surface area contributed by atoms with Crippen molar-refractivity contribution in [3.05, 3.63) is 60.3 Å². The number of nitrogens with zero attached hydrogens (tertiary/aromatic N) is 1. The molecule has 1 aromatic carbocycles. The third-order valence-corrected chi connectivity index (χ3v) is 3.03. The number of aromatic amines is 1. The van der Waals surface area contributed by atoms with Gasteiger partial charge >= 0.3 is 5.69 Å². The number of hydrogen-bond acceptors (Lipinski definition) is 2. The molecule has 0 aliphatic heterocycles. The lowest BCUT2D eigenvalue weighted by Gasteiger charge is -2.06. The molecule has 94 valence electrons. The van der Waals surface area contributed by atoms with Gasteiger partial charge in [-0.05, 0) is 34.1 Å². The van der Waals surface area contributed by atoms with Crippen molar-refractivity contribution in [2.75, 3.05) is 0 Å². The van der Waals surface area contributed by atoms with Crippen LogP contribution in [0.3, 0.4) is 0 Å². The average Bonchev–Trinajstić information content (AvgIpc) is 2.31. The second-order valence-electron chi connectivity index (χ2n) is 3.30. The topological polar surface area (TPSA) is 54.9 Å². The van der Waals surface area contributed by atoms with E-state index in [9.17, 15) is 18.4 Å². The van der Waals surface area contributed by atoms with E-state index < -0.39 is 28.0 Å². The first-order chi connectivity index (χ1) is 8.41. The van der Waals surface area contributed by atoms with Crippen molar-refractivity contribution in [2.45, 2.75) is 0 Å². The van der Waals surface area contributed by atoms with Gasteiger partial charge in [-0.2, -0.15) is 4.39 Å². The predicted molar refractivity (Wildman–Crippen MR) is 65.3 cm³/mol. The van der Waals surface area contributed by atoms with E-state index in [4.69, 9.17) is 11.6 Å². The minimum atomic E-state index is -1.28. The minimum Gasteiger partial charge on any atom is -0.295 e. The maximum absolute atomic E-state index is 13.3. The second-order valence-corrected chi connectivity index (χ2v) is 4.53. The van der Waals surface area contributed by atoms with Crippen LogP contribution in [-0.2, 0) is 0 Å². The number of H-pyrrole nitrogens is 1. The van der Waals surface area contributed by atoms with Crippen LogP contribution in [0.15, 0.2) is 32.3 Å². The molecule has 0 radical (unpaired) electrons. The Bertz CT molecular complexity index is 742. The van der Waals surface area contributed by atoms with E-state index in [1.54, 1.807) is 0 Å². The van der Waals surface area contributed by atoms with Gasteiger partial charge in [0.1, 0.15) is 5.82 Å². The van der Waals surface area contributed by atoms with Gasteiger partial charge in [-0.25, -0.2) is 13.8 Å². The molecule has 0 aliphatic carbocycles. The first-order valence-electron chi connectivity index (χ1n) is 4.57. The van der Waals surface area contributed by atoms with Gasteiger partial charge in [0, 0.05) is 0 Å². The van der Waals surface area contributed by atoms with Crippen molar-refractivity contribution >= 4 is 27.5 Å². The van der Waals surface area contributed by atoms with Crippen molar-refractivity contribution in [2.24, 2.45) is 0 Å². The van der Waals surface area contributed by atoms with E-state index in [1.165, 1.54) is 12.1 Å². The number of nitrogens with one attached hydrogen (secondary N) is 1. The minimum absolute atomic E-state index is 0.0186. The highest BCUT2D eigenvalue weighted by Gasteiger charge is 2.14. The Kier molecular flexibility index (Phi) is 3.36. The van der Waals surface area contributed by atoms with Gasteiger partial charge < -0.3 is 0 Å². The lowest BCUT2D eigenvalue weighted by Crippen LogP contribution is -2.35. The molecule has 0 saturated heterocycles. The Hall–Kier alpha value is -1.47. The number of hydrogen-bond donors (Lipinski definition) is 1. The van der Waals surface area contributed by atoms with Gasteiger partial charge in [0.15, 0.2) is 5.15 Å². The number of rotatable bonds is 1. The van der Waals surface area contributed by atoms with E-state index in [0.29, 0.717) is 4.57 Å². The molecule has 1 aromatic heterocycles. The Balaban J connectivity index is 2.80. The summed E-state index contributed by atoms with van der Waals surface area (Å²) in [6, 6.07) is 3.39. The summed E-state index contributed by atoms with van der Waals surface area (Å²) >= 11 is 8.23. The van der Waals surface area contributed by atoms with Crippen LogP contribution in [0.1, 0.15) is 0 Å². The molecule has 0 saturated carbocycles. The largest absolute Gasteiger partial charge is 0.334 e. The third-order valence-electron chi connectivity index (χ3n) is 2.16. The molecule has 4 nitrogen and oxygen atoms in total. The van der Waals surface area contributed by atoms with Crippen molar-refractivity contribution in [1.82, 2.24) is 9.55 Å². The fraction of sp³-hybridized carbons (Fsp3) is 0. The van der Waals surface area contributed by atoms with Gasteiger partial charge in [-0.15, -0.1) is 0 Å². The Morgan fingerprint density at radius 1 is 1.28 bits per heavy atom. The van der Waals surface area contributed by atoms with Crippen molar-refractivity contribution in [3.63, 3.8) is 0 Å². The van der Waals surface area contributed by atoms with E-state index in [1.807, 2.05) is 4.98 Å². The molecule has 0 aliphatic rings. The standard InChI is InChI=1S/C10H4BrClF2N2O2/c11-5-3-4(1-2-6(5)13)16-9(17)7(14)8(12)15-10(16)18/h1-3H,(H,15,18). The lowest BCUT2D eigenvalue weighted by atomic mass is 10.3. The van der Waals surface area contributed by atoms with Gasteiger partial charge in [-0.1, -0.05) is 11.6 Å². The Labute approximate surface area is 112 Å². The van der Waals surface area contributed by atoms with Crippen molar-refractivity contribution < 1.29 is 8.78 Å². The highest BCUT2D eigenvalue weighted by atomic mass is 79.9. The highest BCUT2D eigenvalue weighted by molar-refractivity contribution is 9.10. The normalized spacial score (nSPS) is 10.7. The molecule has 0 amide bonds. The van der Waals surface area contributed by atoms with E-state index in [2.05, 4.69) is 15.9 Å². The lowest BCUT2D eigenvalue weighted by molar-refractivity contribution is 0.583. The van der Waals surface area contributed by atoms with Crippen molar-refractivity contribution in [3.8, 4) is 5.69 Å². The quantitative estimate of drug-likeness (QED) is 0.811. The highest BCUT2D eigenvalue weighted by Crippen LogP contribution is 2.18. The van der Waals surface area contributed by atoms with E-state index >= 15 is 0 Å². The van der Waals surface area contributed by atoms with Crippen LogP contribution in [0, 0.1) is 11.6 Å². The molecule has 0 fully saturated rings. The van der Waals surface area contributed by atoms with Gasteiger partial charge in [0.05, 0.1) is 10.2 Å². The Morgan fingerprint density at radius 2 is 1.94 bits per heavy atom. The molecule has 1 heterocycles. The predicted octanol–water partition coefficient (Wildman–Crippen LogP) is 2.22. The molecule has 0 atom stereocenters. The summed E-state index contributed by atoms with van der Waals surface area (Å²) in [5.74, 6) is -1.85. The third kappa shape index (κ3) is 2.11. The summed E-state index contributed by atoms with van der Waals surface area (Å²) in [7, 11) is 0.